The van der Waals surface area contributed by atoms with Crippen LogP contribution in [0.2, 0.25) is 0 Å². The van der Waals surface area contributed by atoms with Crippen LogP contribution < -0.4 is 16.6 Å². The number of aromatic nitrogens is 2. The van der Waals surface area contributed by atoms with E-state index in [0.717, 1.165) is 40.0 Å². The van der Waals surface area contributed by atoms with E-state index in [0.29, 0.717) is 37.5 Å². The van der Waals surface area contributed by atoms with Crippen molar-refractivity contribution in [1.82, 2.24) is 19.4 Å². The van der Waals surface area contributed by atoms with Gasteiger partial charge in [-0.1, -0.05) is 19.3 Å². The van der Waals surface area contributed by atoms with Gasteiger partial charge in [-0.2, -0.15) is 13.2 Å². The molecule has 0 aromatic carbocycles. The monoisotopic (exact) mass is 515 g/mol. The number of halogens is 3. The lowest BCUT2D eigenvalue weighted by molar-refractivity contribution is -0.136. The molecule has 2 aromatic heterocycles. The molecular formula is C22H28F3N5O4S. The third kappa shape index (κ3) is 5.24. The van der Waals surface area contributed by atoms with Crippen molar-refractivity contribution in [1.29, 1.82) is 0 Å². The summed E-state index contributed by atoms with van der Waals surface area (Å²) in [4.78, 5) is 45.1. The van der Waals surface area contributed by atoms with Crippen LogP contribution in [0.5, 0.6) is 0 Å². The number of fused-ring (bicyclic) bond motifs is 1. The predicted molar refractivity (Wildman–Crippen MR) is 126 cm³/mol. The lowest BCUT2D eigenvalue weighted by Gasteiger charge is -2.24. The van der Waals surface area contributed by atoms with E-state index in [9.17, 15) is 27.6 Å². The molecule has 0 bridgehead atoms. The van der Waals surface area contributed by atoms with Crippen LogP contribution in [0.3, 0.4) is 0 Å². The number of carbonyl (C=O) groups is 1. The molecule has 1 N–H and O–H groups in total. The molecule has 9 nitrogen and oxygen atoms in total. The van der Waals surface area contributed by atoms with E-state index in [-0.39, 0.29) is 22.8 Å². The molecule has 0 radical (unpaired) electrons. The van der Waals surface area contributed by atoms with Crippen LogP contribution in [-0.2, 0) is 17.8 Å². The summed E-state index contributed by atoms with van der Waals surface area (Å²) < 4.78 is 46.2. The van der Waals surface area contributed by atoms with E-state index in [4.69, 9.17) is 0 Å². The van der Waals surface area contributed by atoms with Crippen LogP contribution in [0, 0.1) is 6.92 Å². The zero-order valence-electron chi connectivity index (χ0n) is 19.6. The minimum atomic E-state index is -4.44. The lowest BCUT2D eigenvalue weighted by Crippen LogP contribution is -2.43. The Hall–Kier alpha value is -2.83. The van der Waals surface area contributed by atoms with Gasteiger partial charge >= 0.3 is 18.0 Å². The second-order valence-electron chi connectivity index (χ2n) is 8.85. The molecule has 35 heavy (non-hydrogen) atoms. The first-order chi connectivity index (χ1) is 16.6. The Labute approximate surface area is 203 Å². The number of rotatable bonds is 5. The van der Waals surface area contributed by atoms with E-state index in [2.05, 4.69) is 15.0 Å². The van der Waals surface area contributed by atoms with Crippen molar-refractivity contribution < 1.29 is 22.7 Å². The number of aliphatic imine (C=N–C) groups is 1. The molecule has 1 aliphatic heterocycles. The van der Waals surface area contributed by atoms with Crippen LogP contribution >= 0.6 is 11.3 Å². The van der Waals surface area contributed by atoms with Crippen molar-refractivity contribution in [3.8, 4) is 0 Å². The highest BCUT2D eigenvalue weighted by atomic mass is 32.1. The highest BCUT2D eigenvalue weighted by Gasteiger charge is 2.30. The first-order valence-corrected chi connectivity index (χ1v) is 12.4. The largest absolute Gasteiger partial charge is 0.451 e. The molecule has 3 heterocycles. The van der Waals surface area contributed by atoms with Crippen LogP contribution in [0.1, 0.15) is 55.0 Å². The molecule has 4 rings (SSSR count). The number of ether oxygens (including phenoxy) is 1. The average molecular weight is 516 g/mol. The van der Waals surface area contributed by atoms with Gasteiger partial charge in [0.05, 0.1) is 25.5 Å². The number of hydrogen-bond donors (Lipinski definition) is 1. The van der Waals surface area contributed by atoms with Gasteiger partial charge in [-0.15, -0.1) is 16.3 Å². The third-order valence-electron chi connectivity index (χ3n) is 6.57. The molecular weight excluding hydrogens is 487 g/mol. The van der Waals surface area contributed by atoms with Crippen LogP contribution in [0.25, 0.3) is 10.2 Å². The van der Waals surface area contributed by atoms with Crippen molar-refractivity contribution in [2.75, 3.05) is 20.2 Å². The number of hydrogen-bond acceptors (Lipinski definition) is 5. The second-order valence-corrected chi connectivity index (χ2v) is 9.93. The predicted octanol–water partition coefficient (Wildman–Crippen LogP) is 3.52. The van der Waals surface area contributed by atoms with Crippen molar-refractivity contribution in [2.45, 2.75) is 70.8 Å². The van der Waals surface area contributed by atoms with Gasteiger partial charge in [-0.05, 0) is 25.3 Å². The highest BCUT2D eigenvalue weighted by molar-refractivity contribution is 7.18. The average Bonchev–Trinajstić information content (AvgIpc) is 3.37. The number of alkyl halides is 3. The molecule has 0 spiro atoms. The molecule has 192 valence electrons. The molecule has 1 aliphatic carbocycles. The maximum absolute atomic E-state index is 13.5. The quantitative estimate of drug-likeness (QED) is 0.655. The molecule has 2 aliphatic rings. The van der Waals surface area contributed by atoms with Gasteiger partial charge in [-0.3, -0.25) is 13.9 Å². The lowest BCUT2D eigenvalue weighted by atomic mass is 9.95. The Morgan fingerprint density at radius 3 is 2.60 bits per heavy atom. The van der Waals surface area contributed by atoms with Crippen LogP contribution in [-0.4, -0.2) is 52.5 Å². The molecule has 1 amide bonds. The van der Waals surface area contributed by atoms with E-state index in [1.165, 1.54) is 11.7 Å². The number of aryl methyl sites for hydroxylation is 2. The van der Waals surface area contributed by atoms with Crippen LogP contribution in [0.4, 0.5) is 18.0 Å². The maximum atomic E-state index is 13.5. The van der Waals surface area contributed by atoms with Gasteiger partial charge in [0.2, 0.25) is 5.96 Å². The Balaban J connectivity index is 1.81. The van der Waals surface area contributed by atoms with Crippen molar-refractivity contribution in [2.24, 2.45) is 4.99 Å². The number of amides is 1. The number of methoxy groups -OCH3 is 1. The SMILES string of the molecule is COC(=O)/N=C1\NCCN1Cc1sc2c(c1C)c(=O)n(C1CCCCC1)c(=O)n2CCC(F)(F)F. The molecule has 2 fully saturated rings. The first-order valence-electron chi connectivity index (χ1n) is 11.6. The zero-order valence-corrected chi connectivity index (χ0v) is 20.4. The highest BCUT2D eigenvalue weighted by Crippen LogP contribution is 2.32. The molecule has 1 saturated carbocycles. The summed E-state index contributed by atoms with van der Waals surface area (Å²) in [5.41, 5.74) is -0.491. The minimum absolute atomic E-state index is 0.252. The Kier molecular flexibility index (Phi) is 7.25. The van der Waals surface area contributed by atoms with Gasteiger partial charge in [0.1, 0.15) is 4.83 Å². The normalized spacial score (nSPS) is 18.4. The number of nitrogens with zero attached hydrogens (tertiary/aromatic N) is 4. The van der Waals surface area contributed by atoms with Gasteiger partial charge in [0, 0.05) is 30.6 Å². The van der Waals surface area contributed by atoms with Crippen molar-refractivity contribution in [3.05, 3.63) is 31.3 Å². The second kappa shape index (κ2) is 10.0. The van der Waals surface area contributed by atoms with E-state index in [1.54, 1.807) is 11.8 Å². The number of carbonyl (C=O) groups excluding carboxylic acids is 1. The molecule has 2 aromatic rings. The summed E-state index contributed by atoms with van der Waals surface area (Å²) in [6.07, 6.45) is -2.30. The van der Waals surface area contributed by atoms with Gasteiger partial charge in [0.25, 0.3) is 5.56 Å². The molecule has 13 heteroatoms. The number of guanidine groups is 1. The third-order valence-corrected chi connectivity index (χ3v) is 7.87. The molecule has 0 atom stereocenters. The summed E-state index contributed by atoms with van der Waals surface area (Å²) in [5.74, 6) is 0.322. The molecule has 0 unspecified atom stereocenters. The van der Waals surface area contributed by atoms with Gasteiger partial charge in [-0.25, -0.2) is 9.59 Å². The number of nitrogens with one attached hydrogen (secondary N) is 1. The van der Waals surface area contributed by atoms with E-state index < -0.39 is 36.5 Å². The summed E-state index contributed by atoms with van der Waals surface area (Å²) in [6.45, 7) is 2.57. The van der Waals surface area contributed by atoms with Crippen LogP contribution in [0.15, 0.2) is 14.6 Å². The smallest absolute Gasteiger partial charge is 0.436 e. The van der Waals surface area contributed by atoms with Crippen molar-refractivity contribution >= 4 is 33.6 Å². The van der Waals surface area contributed by atoms with Gasteiger partial charge in [0.15, 0.2) is 0 Å². The Bertz CT molecular complexity index is 1260. The molecule has 1 saturated heterocycles. The van der Waals surface area contributed by atoms with E-state index >= 15 is 0 Å². The standard InChI is InChI=1S/C22H28F3N5O4S/c1-13-15(12-28-11-9-26-19(28)27-20(32)34-2)35-18-16(13)17(31)30(14-6-4-3-5-7-14)21(33)29(18)10-8-22(23,24)25/h14H,3-12H2,1-2H3,(H,26,27,32). The van der Waals surface area contributed by atoms with Gasteiger partial charge < -0.3 is 15.0 Å². The fourth-order valence-electron chi connectivity index (χ4n) is 4.75. The van der Waals surface area contributed by atoms with Crippen molar-refractivity contribution in [3.63, 3.8) is 0 Å². The minimum Gasteiger partial charge on any atom is -0.451 e. The number of thiophene rings is 1. The fraction of sp³-hybridized carbons (Fsp3) is 0.636. The maximum Gasteiger partial charge on any atom is 0.436 e. The Morgan fingerprint density at radius 1 is 1.23 bits per heavy atom. The summed E-state index contributed by atoms with van der Waals surface area (Å²) >= 11 is 1.14. The topological polar surface area (TPSA) is 97.9 Å². The Morgan fingerprint density at radius 2 is 1.94 bits per heavy atom. The first kappa shape index (κ1) is 25.3. The summed E-state index contributed by atoms with van der Waals surface area (Å²) in [7, 11) is 1.22. The van der Waals surface area contributed by atoms with E-state index in [1.807, 2.05) is 0 Å². The summed E-state index contributed by atoms with van der Waals surface area (Å²) in [5, 5.41) is 3.29. The summed E-state index contributed by atoms with van der Waals surface area (Å²) in [6, 6.07) is -0.311. The zero-order chi connectivity index (χ0) is 25.3. The fourth-order valence-corrected chi connectivity index (χ4v) is 6.08.